The van der Waals surface area contributed by atoms with Crippen LogP contribution in [0, 0.1) is 13.8 Å². The van der Waals surface area contributed by atoms with Crippen LogP contribution in [0.3, 0.4) is 0 Å². The fourth-order valence-electron chi connectivity index (χ4n) is 2.87. The number of methoxy groups -OCH3 is 1. The first kappa shape index (κ1) is 21.0. The summed E-state index contributed by atoms with van der Waals surface area (Å²) in [6.07, 6.45) is 4.34. The van der Waals surface area contributed by atoms with E-state index in [1.165, 1.54) is 5.69 Å². The molecule has 0 aliphatic rings. The standard InChI is InChI=1S/C21H31N3O3/c1-5-7-18-8-9-20(21(13-18)26-4)27-15-19(25)14-22-10-6-11-24-17(3)12-16(2)23-24/h5,7-9,12-13,19,22,25H,6,10-11,14-15H2,1-4H3/b7-5+/t19-/m1/s1. The summed E-state index contributed by atoms with van der Waals surface area (Å²) in [7, 11) is 1.61. The number of ether oxygens (including phenoxy) is 2. The molecule has 0 aliphatic carbocycles. The van der Waals surface area contributed by atoms with Gasteiger partial charge in [-0.2, -0.15) is 5.10 Å². The number of aryl methyl sites for hydroxylation is 3. The number of aliphatic hydroxyl groups is 1. The Morgan fingerprint density at radius 2 is 2.07 bits per heavy atom. The lowest BCUT2D eigenvalue weighted by Gasteiger charge is -2.15. The molecule has 1 heterocycles. The Hall–Kier alpha value is -2.31. The van der Waals surface area contributed by atoms with Crippen molar-refractivity contribution in [3.05, 3.63) is 47.3 Å². The number of rotatable bonds is 11. The Balaban J connectivity index is 1.68. The van der Waals surface area contributed by atoms with Crippen LogP contribution in [-0.4, -0.2) is 47.8 Å². The molecule has 0 radical (unpaired) electrons. The van der Waals surface area contributed by atoms with Crippen molar-refractivity contribution in [2.45, 2.75) is 39.8 Å². The van der Waals surface area contributed by atoms with E-state index in [2.05, 4.69) is 23.4 Å². The van der Waals surface area contributed by atoms with Crippen molar-refractivity contribution in [1.29, 1.82) is 0 Å². The van der Waals surface area contributed by atoms with Gasteiger partial charge in [-0.05, 0) is 57.5 Å². The minimum atomic E-state index is -0.585. The van der Waals surface area contributed by atoms with Gasteiger partial charge in [0.2, 0.25) is 0 Å². The number of aliphatic hydroxyl groups excluding tert-OH is 1. The average molecular weight is 373 g/mol. The van der Waals surface area contributed by atoms with E-state index in [4.69, 9.17) is 9.47 Å². The van der Waals surface area contributed by atoms with Crippen molar-refractivity contribution in [2.24, 2.45) is 0 Å². The largest absolute Gasteiger partial charge is 0.493 e. The number of nitrogens with one attached hydrogen (secondary N) is 1. The van der Waals surface area contributed by atoms with Gasteiger partial charge in [0.05, 0.1) is 12.8 Å². The van der Waals surface area contributed by atoms with Crippen molar-refractivity contribution in [2.75, 3.05) is 26.8 Å². The third-order valence-electron chi connectivity index (χ3n) is 4.18. The molecule has 6 nitrogen and oxygen atoms in total. The molecule has 6 heteroatoms. The number of allylic oxidation sites excluding steroid dienone is 1. The minimum absolute atomic E-state index is 0.212. The first-order valence-electron chi connectivity index (χ1n) is 9.37. The number of hydrogen-bond donors (Lipinski definition) is 2. The Kier molecular flexibility index (Phi) is 8.36. The van der Waals surface area contributed by atoms with E-state index in [1.807, 2.05) is 48.9 Å². The van der Waals surface area contributed by atoms with E-state index < -0.39 is 6.10 Å². The van der Waals surface area contributed by atoms with E-state index in [-0.39, 0.29) is 6.61 Å². The average Bonchev–Trinajstić information content (AvgIpc) is 2.97. The first-order valence-corrected chi connectivity index (χ1v) is 9.37. The Morgan fingerprint density at radius 3 is 2.74 bits per heavy atom. The lowest BCUT2D eigenvalue weighted by molar-refractivity contribution is 0.104. The number of aromatic nitrogens is 2. The zero-order chi connectivity index (χ0) is 19.6. The number of nitrogens with zero attached hydrogens (tertiary/aromatic N) is 2. The van der Waals surface area contributed by atoms with Crippen LogP contribution in [0.25, 0.3) is 6.08 Å². The van der Waals surface area contributed by atoms with Gasteiger partial charge in [-0.15, -0.1) is 0 Å². The van der Waals surface area contributed by atoms with Gasteiger partial charge in [0.25, 0.3) is 0 Å². The summed E-state index contributed by atoms with van der Waals surface area (Å²) in [5, 5.41) is 17.8. The van der Waals surface area contributed by atoms with E-state index in [0.29, 0.717) is 18.0 Å². The molecule has 0 amide bonds. The van der Waals surface area contributed by atoms with Crippen molar-refractivity contribution in [3.63, 3.8) is 0 Å². The molecule has 148 valence electrons. The van der Waals surface area contributed by atoms with Gasteiger partial charge < -0.3 is 19.9 Å². The number of benzene rings is 1. The molecule has 0 spiro atoms. The highest BCUT2D eigenvalue weighted by Gasteiger charge is 2.09. The van der Waals surface area contributed by atoms with Crippen LogP contribution in [0.15, 0.2) is 30.3 Å². The van der Waals surface area contributed by atoms with Gasteiger partial charge >= 0.3 is 0 Å². The fraction of sp³-hybridized carbons (Fsp3) is 0.476. The van der Waals surface area contributed by atoms with Crippen molar-refractivity contribution in [1.82, 2.24) is 15.1 Å². The van der Waals surface area contributed by atoms with Crippen LogP contribution < -0.4 is 14.8 Å². The van der Waals surface area contributed by atoms with Crippen LogP contribution >= 0.6 is 0 Å². The summed E-state index contributed by atoms with van der Waals surface area (Å²) < 4.78 is 13.1. The van der Waals surface area contributed by atoms with E-state index in [9.17, 15) is 5.11 Å². The van der Waals surface area contributed by atoms with E-state index in [1.54, 1.807) is 7.11 Å². The number of hydrogen-bond acceptors (Lipinski definition) is 5. The van der Waals surface area contributed by atoms with Crippen LogP contribution in [0.2, 0.25) is 0 Å². The zero-order valence-corrected chi connectivity index (χ0v) is 16.7. The minimum Gasteiger partial charge on any atom is -0.493 e. The second kappa shape index (κ2) is 10.7. The van der Waals surface area contributed by atoms with Gasteiger partial charge in [-0.25, -0.2) is 0 Å². The summed E-state index contributed by atoms with van der Waals surface area (Å²) in [6, 6.07) is 7.82. The highest BCUT2D eigenvalue weighted by atomic mass is 16.5. The molecule has 2 aromatic rings. The van der Waals surface area contributed by atoms with Crippen LogP contribution in [0.4, 0.5) is 0 Å². The molecule has 0 fully saturated rings. The van der Waals surface area contributed by atoms with Crippen LogP contribution in [-0.2, 0) is 6.54 Å². The maximum Gasteiger partial charge on any atom is 0.161 e. The molecule has 0 saturated heterocycles. The molecule has 1 aromatic heterocycles. The highest BCUT2D eigenvalue weighted by molar-refractivity contribution is 5.55. The Morgan fingerprint density at radius 1 is 1.26 bits per heavy atom. The normalized spacial score (nSPS) is 12.5. The molecule has 1 atom stereocenters. The molecule has 2 N–H and O–H groups in total. The predicted molar refractivity (Wildman–Crippen MR) is 108 cm³/mol. The lowest BCUT2D eigenvalue weighted by atomic mass is 10.2. The third kappa shape index (κ3) is 6.73. The second-order valence-electron chi connectivity index (χ2n) is 6.58. The molecule has 1 aromatic carbocycles. The van der Waals surface area contributed by atoms with Crippen molar-refractivity contribution >= 4 is 6.08 Å². The van der Waals surface area contributed by atoms with Gasteiger partial charge in [0.1, 0.15) is 12.7 Å². The second-order valence-corrected chi connectivity index (χ2v) is 6.58. The maximum atomic E-state index is 10.1. The summed E-state index contributed by atoms with van der Waals surface area (Å²) in [6.45, 7) is 8.41. The summed E-state index contributed by atoms with van der Waals surface area (Å²) >= 11 is 0. The monoisotopic (exact) mass is 373 g/mol. The molecule has 0 unspecified atom stereocenters. The van der Waals surface area contributed by atoms with Crippen molar-refractivity contribution < 1.29 is 14.6 Å². The van der Waals surface area contributed by atoms with Crippen LogP contribution in [0.1, 0.15) is 30.3 Å². The Labute approximate surface area is 161 Å². The lowest BCUT2D eigenvalue weighted by Crippen LogP contribution is -2.32. The first-order chi connectivity index (χ1) is 13.0. The maximum absolute atomic E-state index is 10.1. The smallest absolute Gasteiger partial charge is 0.161 e. The SMILES string of the molecule is C/C=C/c1ccc(OC[C@H](O)CNCCCn2nc(C)cc2C)c(OC)c1. The molecule has 0 aliphatic heterocycles. The van der Waals surface area contributed by atoms with Gasteiger partial charge in [-0.1, -0.05) is 18.2 Å². The van der Waals surface area contributed by atoms with E-state index >= 15 is 0 Å². The quantitative estimate of drug-likeness (QED) is 0.593. The van der Waals surface area contributed by atoms with Crippen molar-refractivity contribution in [3.8, 4) is 11.5 Å². The van der Waals surface area contributed by atoms with Crippen LogP contribution in [0.5, 0.6) is 11.5 Å². The molecule has 2 rings (SSSR count). The topological polar surface area (TPSA) is 68.5 Å². The molecule has 27 heavy (non-hydrogen) atoms. The highest BCUT2D eigenvalue weighted by Crippen LogP contribution is 2.28. The molecule has 0 bridgehead atoms. The van der Waals surface area contributed by atoms with Gasteiger partial charge in [0.15, 0.2) is 11.5 Å². The summed E-state index contributed by atoms with van der Waals surface area (Å²) in [5.74, 6) is 1.30. The predicted octanol–water partition coefficient (Wildman–Crippen LogP) is 2.96. The molecule has 0 saturated carbocycles. The summed E-state index contributed by atoms with van der Waals surface area (Å²) in [5.41, 5.74) is 3.27. The molecular formula is C21H31N3O3. The van der Waals surface area contributed by atoms with Gasteiger partial charge in [-0.3, -0.25) is 4.68 Å². The molecular weight excluding hydrogens is 342 g/mol. The third-order valence-corrected chi connectivity index (χ3v) is 4.18. The summed E-state index contributed by atoms with van der Waals surface area (Å²) in [4.78, 5) is 0. The fourth-order valence-corrected chi connectivity index (χ4v) is 2.87. The van der Waals surface area contributed by atoms with E-state index in [0.717, 1.165) is 30.8 Å². The zero-order valence-electron chi connectivity index (χ0n) is 16.7. The van der Waals surface area contributed by atoms with Gasteiger partial charge in [0, 0.05) is 18.8 Å². The Bertz CT molecular complexity index is 740.